The molecule has 2 heterocycles. The summed E-state index contributed by atoms with van der Waals surface area (Å²) >= 11 is 2.88. The molecular weight excluding hydrogens is 354 g/mol. The summed E-state index contributed by atoms with van der Waals surface area (Å²) in [6, 6.07) is 1.86. The van der Waals surface area contributed by atoms with Crippen LogP contribution in [-0.4, -0.2) is 45.6 Å². The third-order valence-corrected chi connectivity index (χ3v) is 7.62. The average molecular weight is 380 g/mol. The molecule has 2 atom stereocenters. The number of nitrogens with zero attached hydrogens (tertiary/aromatic N) is 1. The highest BCUT2D eigenvalue weighted by atomic mass is 32.3. The topological polar surface area (TPSA) is 84.7 Å². The zero-order valence-electron chi connectivity index (χ0n) is 13.7. The molecule has 0 radical (unpaired) electrons. The second kappa shape index (κ2) is 8.28. The van der Waals surface area contributed by atoms with Crippen LogP contribution in [0.2, 0.25) is 0 Å². The summed E-state index contributed by atoms with van der Waals surface area (Å²) in [5.41, 5.74) is 1.05. The minimum absolute atomic E-state index is 0.135. The van der Waals surface area contributed by atoms with Gasteiger partial charge in [0, 0.05) is 26.2 Å². The van der Waals surface area contributed by atoms with Gasteiger partial charge >= 0.3 is 0 Å². The molecule has 1 aromatic heterocycles. The SMILES string of the molecule is CCCNC1CN(CC[C@@H](C)OC)Sc2sc(S(N)(=O)=O)cc21. The van der Waals surface area contributed by atoms with Gasteiger partial charge in [-0.3, -0.25) is 0 Å². The largest absolute Gasteiger partial charge is 0.382 e. The van der Waals surface area contributed by atoms with Gasteiger partial charge < -0.3 is 10.1 Å². The van der Waals surface area contributed by atoms with Gasteiger partial charge in [-0.25, -0.2) is 17.9 Å². The second-order valence-electron chi connectivity index (χ2n) is 5.67. The van der Waals surface area contributed by atoms with Crippen molar-refractivity contribution in [1.82, 2.24) is 9.62 Å². The van der Waals surface area contributed by atoms with Crippen molar-refractivity contribution in [2.24, 2.45) is 5.14 Å². The fraction of sp³-hybridized carbons (Fsp3) is 0.714. The molecule has 0 saturated carbocycles. The predicted octanol–water partition coefficient (Wildman–Crippen LogP) is 2.18. The lowest BCUT2D eigenvalue weighted by atomic mass is 10.1. The molecule has 9 heteroatoms. The van der Waals surface area contributed by atoms with E-state index in [0.29, 0.717) is 0 Å². The lowest BCUT2D eigenvalue weighted by molar-refractivity contribution is 0.105. The summed E-state index contributed by atoms with van der Waals surface area (Å²) in [6.45, 7) is 6.81. The van der Waals surface area contributed by atoms with E-state index in [2.05, 4.69) is 23.5 Å². The second-order valence-corrected chi connectivity index (χ2v) is 9.88. The average Bonchev–Trinajstić information content (AvgIpc) is 2.94. The lowest BCUT2D eigenvalue weighted by Crippen LogP contribution is -2.36. The van der Waals surface area contributed by atoms with Crippen LogP contribution in [0.3, 0.4) is 0 Å². The van der Waals surface area contributed by atoms with Crippen LogP contribution >= 0.6 is 23.3 Å². The molecular formula is C14H25N3O3S3. The van der Waals surface area contributed by atoms with Crippen LogP contribution in [0.25, 0.3) is 0 Å². The first-order valence-corrected chi connectivity index (χ1v) is 10.8. The van der Waals surface area contributed by atoms with Crippen LogP contribution in [0.4, 0.5) is 0 Å². The van der Waals surface area contributed by atoms with Crippen LogP contribution in [0.5, 0.6) is 0 Å². The van der Waals surface area contributed by atoms with Crippen molar-refractivity contribution in [2.75, 3.05) is 26.7 Å². The van der Waals surface area contributed by atoms with Crippen LogP contribution in [0.1, 0.15) is 38.3 Å². The first-order valence-electron chi connectivity index (χ1n) is 7.70. The van der Waals surface area contributed by atoms with Crippen molar-refractivity contribution >= 4 is 33.3 Å². The normalized spacial score (nSPS) is 20.4. The predicted molar refractivity (Wildman–Crippen MR) is 95.2 cm³/mol. The van der Waals surface area contributed by atoms with Crippen molar-refractivity contribution in [1.29, 1.82) is 0 Å². The van der Waals surface area contributed by atoms with Gasteiger partial charge in [-0.15, -0.1) is 11.3 Å². The van der Waals surface area contributed by atoms with E-state index >= 15 is 0 Å². The minimum Gasteiger partial charge on any atom is -0.382 e. The van der Waals surface area contributed by atoms with Gasteiger partial charge in [-0.1, -0.05) is 6.92 Å². The fourth-order valence-electron chi connectivity index (χ4n) is 2.35. The summed E-state index contributed by atoms with van der Waals surface area (Å²) in [5, 5.41) is 8.80. The molecule has 1 unspecified atom stereocenters. The van der Waals surface area contributed by atoms with Gasteiger partial charge in [0.15, 0.2) is 0 Å². The van der Waals surface area contributed by atoms with E-state index in [1.807, 2.05) is 0 Å². The maximum atomic E-state index is 11.6. The number of thiophene rings is 1. The van der Waals surface area contributed by atoms with Crippen molar-refractivity contribution in [3.63, 3.8) is 0 Å². The molecule has 2 rings (SSSR count). The highest BCUT2D eigenvalue weighted by Crippen LogP contribution is 2.43. The molecule has 1 aliphatic rings. The Labute approximate surface area is 146 Å². The van der Waals surface area contributed by atoms with Gasteiger partial charge in [-0.2, -0.15) is 0 Å². The molecule has 3 N–H and O–H groups in total. The molecule has 0 amide bonds. The quantitative estimate of drug-likeness (QED) is 0.674. The highest BCUT2D eigenvalue weighted by molar-refractivity contribution is 7.99. The minimum atomic E-state index is -3.65. The number of sulfonamides is 1. The summed E-state index contributed by atoms with van der Waals surface area (Å²) < 4.78 is 32.1. The van der Waals surface area contributed by atoms with Crippen LogP contribution in [-0.2, 0) is 14.8 Å². The zero-order chi connectivity index (χ0) is 17.0. The molecule has 1 aliphatic heterocycles. The Hall–Kier alpha value is -0.160. The van der Waals surface area contributed by atoms with Crippen molar-refractivity contribution < 1.29 is 13.2 Å². The first kappa shape index (κ1) is 19.2. The van der Waals surface area contributed by atoms with Gasteiger partial charge in [0.2, 0.25) is 10.0 Å². The number of primary sulfonamides is 1. The van der Waals surface area contributed by atoms with Gasteiger partial charge in [-0.05, 0) is 49.9 Å². The Morgan fingerprint density at radius 2 is 2.30 bits per heavy atom. The molecule has 0 spiro atoms. The Bertz CT molecular complexity index is 618. The maximum absolute atomic E-state index is 11.6. The third kappa shape index (κ3) is 5.15. The standard InChI is InChI=1S/C14H25N3O3S3/c1-4-6-16-12-9-17(7-5-10(2)20-3)22-14-11(12)8-13(21-14)23(15,18)19/h8,10,12,16H,4-7,9H2,1-3H3,(H2,15,18,19)/t10-,12?/m1/s1. The van der Waals surface area contributed by atoms with Crippen molar-refractivity contribution in [2.45, 2.75) is 47.3 Å². The lowest BCUT2D eigenvalue weighted by Gasteiger charge is -2.32. The number of rotatable bonds is 8. The van der Waals surface area contributed by atoms with Gasteiger partial charge in [0.25, 0.3) is 0 Å². The van der Waals surface area contributed by atoms with Crippen LogP contribution in [0.15, 0.2) is 14.5 Å². The Morgan fingerprint density at radius 1 is 1.57 bits per heavy atom. The zero-order valence-corrected chi connectivity index (χ0v) is 16.2. The molecule has 6 nitrogen and oxygen atoms in total. The van der Waals surface area contributed by atoms with Gasteiger partial charge in [0.1, 0.15) is 4.21 Å². The molecule has 132 valence electrons. The highest BCUT2D eigenvalue weighted by Gasteiger charge is 2.30. The van der Waals surface area contributed by atoms with Crippen LogP contribution < -0.4 is 10.5 Å². The smallest absolute Gasteiger partial charge is 0.247 e. The van der Waals surface area contributed by atoms with Crippen molar-refractivity contribution in [3.8, 4) is 0 Å². The first-order chi connectivity index (χ1) is 10.8. The Morgan fingerprint density at radius 3 is 2.91 bits per heavy atom. The molecule has 0 bridgehead atoms. The van der Waals surface area contributed by atoms with Crippen molar-refractivity contribution in [3.05, 3.63) is 11.6 Å². The number of methoxy groups -OCH3 is 1. The number of fused-ring (bicyclic) bond motifs is 1. The fourth-order valence-corrected chi connectivity index (χ4v) is 5.90. The Kier molecular flexibility index (Phi) is 6.90. The van der Waals surface area contributed by atoms with E-state index in [1.165, 1.54) is 11.3 Å². The molecule has 0 aromatic carbocycles. The monoisotopic (exact) mass is 379 g/mol. The van der Waals surface area contributed by atoms with Crippen LogP contribution in [0, 0.1) is 0 Å². The molecule has 0 fully saturated rings. The number of nitrogens with two attached hydrogens (primary N) is 1. The van der Waals surface area contributed by atoms with E-state index in [4.69, 9.17) is 9.88 Å². The summed E-state index contributed by atoms with van der Waals surface area (Å²) in [4.78, 5) is 0. The number of nitrogens with one attached hydrogen (secondary N) is 1. The number of hydrogen-bond acceptors (Lipinski definition) is 7. The van der Waals surface area contributed by atoms with E-state index in [1.54, 1.807) is 25.1 Å². The molecule has 1 aromatic rings. The maximum Gasteiger partial charge on any atom is 0.247 e. The number of hydrogen-bond donors (Lipinski definition) is 2. The number of ether oxygens (including phenoxy) is 1. The summed E-state index contributed by atoms with van der Waals surface area (Å²) in [6.07, 6.45) is 2.18. The third-order valence-electron chi connectivity index (χ3n) is 3.78. The summed E-state index contributed by atoms with van der Waals surface area (Å²) in [5.74, 6) is 0. The van der Waals surface area contributed by atoms with E-state index in [-0.39, 0.29) is 16.4 Å². The molecule has 23 heavy (non-hydrogen) atoms. The van der Waals surface area contributed by atoms with E-state index < -0.39 is 10.0 Å². The molecule has 0 saturated heterocycles. The summed E-state index contributed by atoms with van der Waals surface area (Å²) in [7, 11) is -1.93. The molecule has 0 aliphatic carbocycles. The van der Waals surface area contributed by atoms with E-state index in [0.717, 1.165) is 42.2 Å². The van der Waals surface area contributed by atoms with Gasteiger partial charge in [0.05, 0.1) is 10.3 Å². The van der Waals surface area contributed by atoms with E-state index in [9.17, 15) is 8.42 Å². The Balaban J connectivity index is 2.17.